The van der Waals surface area contributed by atoms with Crippen molar-refractivity contribution in [2.45, 2.75) is 31.3 Å². The zero-order chi connectivity index (χ0) is 22.3. The molecule has 0 saturated carbocycles. The Labute approximate surface area is 182 Å². The average Bonchev–Trinajstić information content (AvgIpc) is 3.27. The first-order valence-corrected chi connectivity index (χ1v) is 11.3. The van der Waals surface area contributed by atoms with E-state index in [1.807, 2.05) is 35.9 Å². The van der Waals surface area contributed by atoms with Gasteiger partial charge in [-0.15, -0.1) is 0 Å². The summed E-state index contributed by atoms with van der Waals surface area (Å²) in [5.41, 5.74) is 1.72. The maximum Gasteiger partial charge on any atom is 0.331 e. The largest absolute Gasteiger partial charge is 0.496 e. The Morgan fingerprint density at radius 2 is 1.90 bits per heavy atom. The fraction of sp³-hybridized carbons (Fsp3) is 0.273. The molecule has 3 rings (SSSR count). The number of nitrogens with one attached hydrogen (secondary N) is 1. The highest BCUT2D eigenvalue weighted by Crippen LogP contribution is 2.20. The molecule has 2 amide bonds. The van der Waals surface area contributed by atoms with E-state index in [1.54, 1.807) is 37.8 Å². The monoisotopic (exact) mass is 442 g/mol. The minimum Gasteiger partial charge on any atom is -0.496 e. The highest BCUT2D eigenvalue weighted by atomic mass is 32.2. The van der Waals surface area contributed by atoms with Gasteiger partial charge in [0.25, 0.3) is 10.0 Å². The molecule has 0 aliphatic rings. The van der Waals surface area contributed by atoms with Crippen molar-refractivity contribution in [1.82, 2.24) is 19.2 Å². The van der Waals surface area contributed by atoms with Gasteiger partial charge in [-0.05, 0) is 31.5 Å². The molecular weight excluding hydrogens is 416 g/mol. The third-order valence-corrected chi connectivity index (χ3v) is 6.13. The molecule has 31 heavy (non-hydrogen) atoms. The Kier molecular flexibility index (Phi) is 7.30. The third-order valence-electron chi connectivity index (χ3n) is 4.80. The molecule has 8 nitrogen and oxygen atoms in total. The lowest BCUT2D eigenvalue weighted by molar-refractivity contribution is 0.198. The number of sulfonamides is 1. The fourth-order valence-electron chi connectivity index (χ4n) is 3.11. The zero-order valence-corrected chi connectivity index (χ0v) is 18.4. The molecule has 0 radical (unpaired) electrons. The number of carbonyl (C=O) groups excluding carboxylic acids is 1. The van der Waals surface area contributed by atoms with Crippen molar-refractivity contribution >= 4 is 16.1 Å². The first kappa shape index (κ1) is 22.4. The summed E-state index contributed by atoms with van der Waals surface area (Å²) in [7, 11) is -2.43. The number of aryl methyl sites for hydroxylation is 2. The zero-order valence-electron chi connectivity index (χ0n) is 17.6. The van der Waals surface area contributed by atoms with Crippen LogP contribution in [0.5, 0.6) is 5.75 Å². The number of nitrogens with zero attached hydrogens (tertiary/aromatic N) is 3. The molecule has 1 aromatic heterocycles. The van der Waals surface area contributed by atoms with Crippen LogP contribution in [0, 0.1) is 6.92 Å². The minimum absolute atomic E-state index is 0.0436. The number of hydrogen-bond acceptors (Lipinski definition) is 5. The first-order valence-electron chi connectivity index (χ1n) is 9.85. The van der Waals surface area contributed by atoms with Crippen molar-refractivity contribution in [3.05, 3.63) is 78.4 Å². The van der Waals surface area contributed by atoms with Crippen molar-refractivity contribution in [1.29, 1.82) is 0 Å². The van der Waals surface area contributed by atoms with E-state index < -0.39 is 16.1 Å². The van der Waals surface area contributed by atoms with E-state index in [-0.39, 0.29) is 11.4 Å². The molecule has 0 fully saturated rings. The number of hydrogen-bond donors (Lipinski definition) is 1. The molecule has 3 aromatic rings. The van der Waals surface area contributed by atoms with Crippen LogP contribution in [0.2, 0.25) is 0 Å². The van der Waals surface area contributed by atoms with Crippen molar-refractivity contribution in [3.63, 3.8) is 0 Å². The lowest BCUT2D eigenvalue weighted by Gasteiger charge is -2.24. The van der Waals surface area contributed by atoms with Gasteiger partial charge in [0.2, 0.25) is 0 Å². The number of ether oxygens (including phenoxy) is 1. The first-order chi connectivity index (χ1) is 14.9. The van der Waals surface area contributed by atoms with E-state index in [2.05, 4.69) is 9.71 Å². The summed E-state index contributed by atoms with van der Waals surface area (Å²) >= 11 is 0. The van der Waals surface area contributed by atoms with Gasteiger partial charge in [-0.25, -0.2) is 22.9 Å². The summed E-state index contributed by atoms with van der Waals surface area (Å²) in [6.07, 6.45) is 5.86. The number of para-hydroxylation sites is 1. The maximum absolute atomic E-state index is 13.0. The quantitative estimate of drug-likeness (QED) is 0.549. The van der Waals surface area contributed by atoms with Crippen molar-refractivity contribution in [3.8, 4) is 5.75 Å². The number of benzene rings is 2. The maximum atomic E-state index is 13.0. The lowest BCUT2D eigenvalue weighted by atomic mass is 10.2. The van der Waals surface area contributed by atoms with Gasteiger partial charge in [0, 0.05) is 31.0 Å². The summed E-state index contributed by atoms with van der Waals surface area (Å²) in [5.74, 6) is 0.635. The molecule has 0 saturated heterocycles. The van der Waals surface area contributed by atoms with Gasteiger partial charge in [0.1, 0.15) is 5.75 Å². The van der Waals surface area contributed by atoms with Crippen LogP contribution in [-0.4, -0.2) is 42.6 Å². The molecule has 164 valence electrons. The second kappa shape index (κ2) is 10.1. The highest BCUT2D eigenvalue weighted by molar-refractivity contribution is 7.90. The highest BCUT2D eigenvalue weighted by Gasteiger charge is 2.23. The van der Waals surface area contributed by atoms with Crippen molar-refractivity contribution in [2.75, 3.05) is 13.7 Å². The van der Waals surface area contributed by atoms with Crippen LogP contribution in [0.1, 0.15) is 17.5 Å². The number of amides is 2. The number of urea groups is 1. The van der Waals surface area contributed by atoms with Gasteiger partial charge in [0.05, 0.1) is 24.9 Å². The average molecular weight is 443 g/mol. The Balaban J connectivity index is 1.76. The molecule has 1 N–H and O–H groups in total. The summed E-state index contributed by atoms with van der Waals surface area (Å²) in [5, 5.41) is 0. The number of methoxy groups -OCH3 is 1. The van der Waals surface area contributed by atoms with Gasteiger partial charge in [-0.1, -0.05) is 35.9 Å². The summed E-state index contributed by atoms with van der Waals surface area (Å²) in [6.45, 7) is 3.08. The molecular formula is C22H26N4O4S. The van der Waals surface area contributed by atoms with E-state index in [9.17, 15) is 13.2 Å². The Morgan fingerprint density at radius 3 is 2.58 bits per heavy atom. The van der Waals surface area contributed by atoms with Gasteiger partial charge in [-0.3, -0.25) is 0 Å². The summed E-state index contributed by atoms with van der Waals surface area (Å²) < 4.78 is 34.9. The van der Waals surface area contributed by atoms with Crippen LogP contribution in [0.25, 0.3) is 0 Å². The lowest BCUT2D eigenvalue weighted by Crippen LogP contribution is -2.43. The van der Waals surface area contributed by atoms with Gasteiger partial charge >= 0.3 is 6.03 Å². The van der Waals surface area contributed by atoms with Crippen LogP contribution in [-0.2, 0) is 23.1 Å². The molecule has 2 aromatic carbocycles. The van der Waals surface area contributed by atoms with E-state index in [0.29, 0.717) is 25.3 Å². The van der Waals surface area contributed by atoms with E-state index in [1.165, 1.54) is 17.0 Å². The summed E-state index contributed by atoms with van der Waals surface area (Å²) in [4.78, 5) is 18.5. The number of rotatable bonds is 9. The minimum atomic E-state index is -3.99. The Bertz CT molecular complexity index is 1100. The molecule has 9 heteroatoms. The van der Waals surface area contributed by atoms with Gasteiger partial charge < -0.3 is 14.2 Å². The molecule has 0 spiro atoms. The Hall–Kier alpha value is -3.33. The number of carbonyl (C=O) groups is 1. The van der Waals surface area contributed by atoms with Gasteiger partial charge in [0.15, 0.2) is 0 Å². The van der Waals surface area contributed by atoms with Crippen LogP contribution in [0.3, 0.4) is 0 Å². The second-order valence-corrected chi connectivity index (χ2v) is 8.79. The third kappa shape index (κ3) is 6.08. The van der Waals surface area contributed by atoms with Crippen molar-refractivity contribution in [2.24, 2.45) is 0 Å². The molecule has 0 aliphatic heterocycles. The van der Waals surface area contributed by atoms with Crippen LogP contribution in [0.4, 0.5) is 4.79 Å². The summed E-state index contributed by atoms with van der Waals surface area (Å²) in [6, 6.07) is 13.0. The normalized spacial score (nSPS) is 11.2. The molecule has 0 atom stereocenters. The SMILES string of the molecule is COc1ccccc1CN(CCCn1ccnc1)C(=O)NS(=O)(=O)c1ccc(C)cc1. The van der Waals surface area contributed by atoms with Crippen LogP contribution in [0.15, 0.2) is 72.1 Å². The molecule has 1 heterocycles. The van der Waals surface area contributed by atoms with Crippen molar-refractivity contribution < 1.29 is 17.9 Å². The number of imidazole rings is 1. The van der Waals surface area contributed by atoms with E-state index in [0.717, 1.165) is 11.1 Å². The van der Waals surface area contributed by atoms with E-state index >= 15 is 0 Å². The standard InChI is InChI=1S/C22H26N4O4S/c1-18-8-10-20(11-9-18)31(28,29)24-22(27)26(14-5-13-25-15-12-23-17-25)16-19-6-3-4-7-21(19)30-2/h3-4,6-12,15,17H,5,13-14,16H2,1-2H3,(H,24,27). The molecule has 0 bridgehead atoms. The topological polar surface area (TPSA) is 93.5 Å². The van der Waals surface area contributed by atoms with Gasteiger partial charge in [-0.2, -0.15) is 0 Å². The van der Waals surface area contributed by atoms with Crippen LogP contribution < -0.4 is 9.46 Å². The number of aromatic nitrogens is 2. The molecule has 0 aliphatic carbocycles. The van der Waals surface area contributed by atoms with E-state index in [4.69, 9.17) is 4.74 Å². The predicted molar refractivity (Wildman–Crippen MR) is 117 cm³/mol. The molecule has 0 unspecified atom stereocenters. The smallest absolute Gasteiger partial charge is 0.331 e. The fourth-order valence-corrected chi connectivity index (χ4v) is 4.08. The predicted octanol–water partition coefficient (Wildman–Crippen LogP) is 3.19. The second-order valence-electron chi connectivity index (χ2n) is 7.11. The van der Waals surface area contributed by atoms with Crippen LogP contribution >= 0.6 is 0 Å². The Morgan fingerprint density at radius 1 is 1.16 bits per heavy atom.